The monoisotopic (exact) mass is 285 g/mol. The number of nitrogens with zero attached hydrogens (tertiary/aromatic N) is 2. The lowest BCUT2D eigenvalue weighted by Gasteiger charge is -2.32. The van der Waals surface area contributed by atoms with E-state index in [1.807, 2.05) is 0 Å². The van der Waals surface area contributed by atoms with Crippen molar-refractivity contribution in [1.29, 1.82) is 0 Å². The molecule has 1 atom stereocenters. The average Bonchev–Trinajstić information content (AvgIpc) is 2.54. The number of ether oxygens (including phenoxy) is 1. The predicted molar refractivity (Wildman–Crippen MR) is 80.6 cm³/mol. The van der Waals surface area contributed by atoms with Crippen molar-refractivity contribution in [3.8, 4) is 0 Å². The van der Waals surface area contributed by atoms with Gasteiger partial charge < -0.3 is 9.64 Å². The fourth-order valence-corrected chi connectivity index (χ4v) is 3.48. The first kappa shape index (κ1) is 12.8. The summed E-state index contributed by atoms with van der Waals surface area (Å²) in [6.45, 7) is 3.52. The van der Waals surface area contributed by atoms with E-state index in [1.165, 1.54) is 16.8 Å². The molecule has 110 valence electrons. The molecule has 1 aromatic rings. The van der Waals surface area contributed by atoms with Gasteiger partial charge >= 0.3 is 0 Å². The molecule has 3 aliphatic rings. The van der Waals surface area contributed by atoms with Crippen LogP contribution in [0.5, 0.6) is 0 Å². The Bertz CT molecular complexity index is 606. The molecule has 5 nitrogen and oxygen atoms in total. The number of rotatable bonds is 1. The summed E-state index contributed by atoms with van der Waals surface area (Å²) in [6, 6.07) is 6.63. The molecule has 1 aliphatic carbocycles. The molecule has 0 spiro atoms. The van der Waals surface area contributed by atoms with Gasteiger partial charge in [-0.2, -0.15) is 5.10 Å². The number of benzene rings is 1. The van der Waals surface area contributed by atoms with E-state index in [2.05, 4.69) is 33.6 Å². The second-order valence-electron chi connectivity index (χ2n) is 5.91. The van der Waals surface area contributed by atoms with Gasteiger partial charge in [-0.1, -0.05) is 6.07 Å². The molecule has 0 aromatic heterocycles. The van der Waals surface area contributed by atoms with Gasteiger partial charge in [0, 0.05) is 36.7 Å². The maximum atomic E-state index is 11.5. The average molecular weight is 285 g/mol. The zero-order valence-electron chi connectivity index (χ0n) is 12.0. The van der Waals surface area contributed by atoms with Gasteiger partial charge in [0.15, 0.2) is 0 Å². The Morgan fingerprint density at radius 2 is 2.14 bits per heavy atom. The van der Waals surface area contributed by atoms with Crippen molar-refractivity contribution >= 4 is 17.3 Å². The summed E-state index contributed by atoms with van der Waals surface area (Å²) in [4.78, 5) is 13.8. The molecule has 1 unspecified atom stereocenters. The Morgan fingerprint density at radius 1 is 1.29 bits per heavy atom. The SMILES string of the molecule is O=C1CC2CCc3cc(N4CCOCC4)ccc3C2=NN1. The fraction of sp³-hybridized carbons (Fsp3) is 0.500. The van der Waals surface area contributed by atoms with Gasteiger partial charge in [0.1, 0.15) is 0 Å². The zero-order chi connectivity index (χ0) is 14.2. The van der Waals surface area contributed by atoms with Gasteiger partial charge in [0.25, 0.3) is 0 Å². The number of hydrogen-bond donors (Lipinski definition) is 1. The fourth-order valence-electron chi connectivity index (χ4n) is 3.48. The topological polar surface area (TPSA) is 53.9 Å². The number of nitrogens with one attached hydrogen (secondary N) is 1. The number of hydrogen-bond acceptors (Lipinski definition) is 4. The van der Waals surface area contributed by atoms with Crippen LogP contribution in [-0.2, 0) is 16.0 Å². The van der Waals surface area contributed by atoms with E-state index in [0.29, 0.717) is 12.3 Å². The van der Waals surface area contributed by atoms with Crippen LogP contribution in [0.3, 0.4) is 0 Å². The van der Waals surface area contributed by atoms with E-state index in [9.17, 15) is 4.79 Å². The molecule has 2 aliphatic heterocycles. The number of anilines is 1. The summed E-state index contributed by atoms with van der Waals surface area (Å²) in [7, 11) is 0. The maximum absolute atomic E-state index is 11.5. The molecule has 0 saturated carbocycles. The van der Waals surface area contributed by atoms with Crippen molar-refractivity contribution in [3.05, 3.63) is 29.3 Å². The summed E-state index contributed by atoms with van der Waals surface area (Å²) < 4.78 is 5.41. The number of fused-ring (bicyclic) bond motifs is 3. The van der Waals surface area contributed by atoms with Crippen molar-refractivity contribution in [1.82, 2.24) is 5.43 Å². The van der Waals surface area contributed by atoms with E-state index >= 15 is 0 Å². The van der Waals surface area contributed by atoms with Crippen molar-refractivity contribution in [2.45, 2.75) is 19.3 Å². The Kier molecular flexibility index (Phi) is 3.15. The third kappa shape index (κ3) is 2.31. The number of aryl methyl sites for hydroxylation is 1. The molecule has 0 radical (unpaired) electrons. The molecule has 1 fully saturated rings. The molecule has 1 N–H and O–H groups in total. The van der Waals surface area contributed by atoms with Crippen molar-refractivity contribution < 1.29 is 9.53 Å². The quantitative estimate of drug-likeness (QED) is 0.846. The first-order valence-corrected chi connectivity index (χ1v) is 7.64. The normalized spacial score (nSPS) is 24.8. The molecule has 2 heterocycles. The highest BCUT2D eigenvalue weighted by Gasteiger charge is 2.30. The minimum absolute atomic E-state index is 0.0390. The van der Waals surface area contributed by atoms with Crippen LogP contribution in [0.1, 0.15) is 24.0 Å². The molecule has 4 rings (SSSR count). The summed E-state index contributed by atoms with van der Waals surface area (Å²) in [5.41, 5.74) is 7.52. The van der Waals surface area contributed by atoms with Crippen LogP contribution in [0.25, 0.3) is 0 Å². The summed E-state index contributed by atoms with van der Waals surface area (Å²) in [5, 5.41) is 4.30. The number of carbonyl (C=O) groups excluding carboxylic acids is 1. The van der Waals surface area contributed by atoms with Crippen LogP contribution >= 0.6 is 0 Å². The van der Waals surface area contributed by atoms with Crippen LogP contribution in [0.2, 0.25) is 0 Å². The lowest BCUT2D eigenvalue weighted by molar-refractivity contribution is -0.122. The summed E-state index contributed by atoms with van der Waals surface area (Å²) in [5.74, 6) is 0.331. The van der Waals surface area contributed by atoms with Gasteiger partial charge in [0.2, 0.25) is 5.91 Å². The summed E-state index contributed by atoms with van der Waals surface area (Å²) in [6.07, 6.45) is 2.62. The zero-order valence-corrected chi connectivity index (χ0v) is 12.0. The van der Waals surface area contributed by atoms with E-state index in [1.54, 1.807) is 0 Å². The van der Waals surface area contributed by atoms with Crippen LogP contribution in [0, 0.1) is 5.92 Å². The first-order chi connectivity index (χ1) is 10.3. The highest BCUT2D eigenvalue weighted by atomic mass is 16.5. The second kappa shape index (κ2) is 5.15. The van der Waals surface area contributed by atoms with Crippen LogP contribution in [0.15, 0.2) is 23.3 Å². The molecule has 21 heavy (non-hydrogen) atoms. The number of amides is 1. The highest BCUT2D eigenvalue weighted by molar-refractivity contribution is 6.07. The Labute approximate surface area is 124 Å². The predicted octanol–water partition coefficient (Wildman–Crippen LogP) is 1.31. The molecular formula is C16H19N3O2. The standard InChI is InChI=1S/C16H19N3O2/c20-15-10-12-2-1-11-9-13(19-5-7-21-8-6-19)3-4-14(11)16(12)18-17-15/h3-4,9,12H,1-2,5-8,10H2,(H,17,20). The first-order valence-electron chi connectivity index (χ1n) is 7.64. The Morgan fingerprint density at radius 3 is 3.00 bits per heavy atom. The van der Waals surface area contributed by atoms with Gasteiger partial charge in [0.05, 0.1) is 18.9 Å². The van der Waals surface area contributed by atoms with E-state index in [-0.39, 0.29) is 5.91 Å². The highest BCUT2D eigenvalue weighted by Crippen LogP contribution is 2.32. The molecule has 1 saturated heterocycles. The molecular weight excluding hydrogens is 266 g/mol. The molecule has 5 heteroatoms. The van der Waals surface area contributed by atoms with Crippen molar-refractivity contribution in [2.24, 2.45) is 11.0 Å². The van der Waals surface area contributed by atoms with Gasteiger partial charge in [-0.3, -0.25) is 4.79 Å². The minimum Gasteiger partial charge on any atom is -0.378 e. The smallest absolute Gasteiger partial charge is 0.240 e. The van der Waals surface area contributed by atoms with Crippen LogP contribution in [0.4, 0.5) is 5.69 Å². The summed E-state index contributed by atoms with van der Waals surface area (Å²) >= 11 is 0. The number of morpholine rings is 1. The Hall–Kier alpha value is -1.88. The number of carbonyl (C=O) groups is 1. The van der Waals surface area contributed by atoms with Crippen molar-refractivity contribution in [3.63, 3.8) is 0 Å². The van der Waals surface area contributed by atoms with E-state index in [0.717, 1.165) is 44.9 Å². The number of hydrazone groups is 1. The minimum atomic E-state index is 0.0390. The third-order valence-corrected chi connectivity index (χ3v) is 4.62. The van der Waals surface area contributed by atoms with Gasteiger partial charge in [-0.05, 0) is 30.5 Å². The second-order valence-corrected chi connectivity index (χ2v) is 5.91. The largest absolute Gasteiger partial charge is 0.378 e. The van der Waals surface area contributed by atoms with E-state index in [4.69, 9.17) is 4.74 Å². The maximum Gasteiger partial charge on any atom is 0.240 e. The molecule has 1 amide bonds. The van der Waals surface area contributed by atoms with Crippen LogP contribution in [-0.4, -0.2) is 37.9 Å². The molecule has 1 aromatic carbocycles. The lowest BCUT2D eigenvalue weighted by Crippen LogP contribution is -2.37. The van der Waals surface area contributed by atoms with E-state index < -0.39 is 0 Å². The Balaban J connectivity index is 1.66. The van der Waals surface area contributed by atoms with Crippen LogP contribution < -0.4 is 10.3 Å². The lowest BCUT2D eigenvalue weighted by atomic mass is 9.79. The molecule has 0 bridgehead atoms. The van der Waals surface area contributed by atoms with Crippen molar-refractivity contribution in [2.75, 3.05) is 31.2 Å². The third-order valence-electron chi connectivity index (χ3n) is 4.62. The van der Waals surface area contributed by atoms with Gasteiger partial charge in [-0.25, -0.2) is 5.43 Å². The van der Waals surface area contributed by atoms with Gasteiger partial charge in [-0.15, -0.1) is 0 Å².